The summed E-state index contributed by atoms with van der Waals surface area (Å²) in [5.41, 5.74) is 0. The van der Waals surface area contributed by atoms with Crippen LogP contribution < -0.4 is 5.11 Å². The number of esters is 2. The van der Waals surface area contributed by atoms with Crippen LogP contribution in [0, 0.1) is 0 Å². The topological polar surface area (TPSA) is 111 Å². The number of ether oxygens (including phenoxy) is 4. The van der Waals surface area contributed by atoms with Gasteiger partial charge in [-0.2, -0.15) is 0 Å². The Morgan fingerprint density at radius 2 is 0.722 bits per heavy atom. The first-order valence-corrected chi connectivity index (χ1v) is 32.0. The number of carboxylic acid groups (broad SMARTS) is 1. The SMILES string of the molecule is CC/C=C\C/C=C\C/C=C\C/C=C\C/C=C\C/C=C\C/C=C\C/C=C\C/C=C\CCCCCCCCCCCCCCCC(=O)OC(COC(=O)CCCCCCCCCCCCCCC)COC(OCC[N+](C)(C)C)C(=O)[O-]. The molecule has 0 rings (SSSR count). The van der Waals surface area contributed by atoms with Crippen LogP contribution in [-0.4, -0.2) is 82.3 Å². The molecule has 2 atom stereocenters. The maximum Gasteiger partial charge on any atom is 0.306 e. The first-order valence-electron chi connectivity index (χ1n) is 32.0. The summed E-state index contributed by atoms with van der Waals surface area (Å²) in [6, 6.07) is 0. The number of carbonyl (C=O) groups is 3. The first-order chi connectivity index (χ1) is 38.6. The van der Waals surface area contributed by atoms with Gasteiger partial charge in [-0.3, -0.25) is 9.59 Å². The highest BCUT2D eigenvalue weighted by Crippen LogP contribution is 2.16. The van der Waals surface area contributed by atoms with Crippen molar-refractivity contribution < 1.29 is 42.9 Å². The quantitative estimate of drug-likeness (QED) is 0.0195. The summed E-state index contributed by atoms with van der Waals surface area (Å²) in [7, 11) is 5.92. The number of quaternary nitrogens is 1. The summed E-state index contributed by atoms with van der Waals surface area (Å²) in [6.45, 7) is 4.64. The van der Waals surface area contributed by atoms with Gasteiger partial charge < -0.3 is 33.3 Å². The molecule has 0 aliphatic carbocycles. The lowest BCUT2D eigenvalue weighted by atomic mass is 10.0. The van der Waals surface area contributed by atoms with Crippen molar-refractivity contribution in [2.45, 2.75) is 270 Å². The van der Waals surface area contributed by atoms with Gasteiger partial charge in [-0.25, -0.2) is 0 Å². The molecule has 0 heterocycles. The highest BCUT2D eigenvalue weighted by atomic mass is 16.7. The molecule has 9 heteroatoms. The van der Waals surface area contributed by atoms with Crippen LogP contribution in [0.1, 0.15) is 258 Å². The van der Waals surface area contributed by atoms with E-state index in [1.807, 2.05) is 21.1 Å². The second kappa shape index (κ2) is 60.1. The van der Waals surface area contributed by atoms with Gasteiger partial charge in [-0.05, 0) is 83.5 Å². The number of unbranched alkanes of at least 4 members (excludes halogenated alkanes) is 25. The van der Waals surface area contributed by atoms with E-state index in [1.54, 1.807) is 0 Å². The zero-order chi connectivity index (χ0) is 57.6. The fraction of sp³-hybridized carbons (Fsp3) is 0.700. The van der Waals surface area contributed by atoms with Gasteiger partial charge in [0.05, 0.1) is 40.3 Å². The molecule has 0 bridgehead atoms. The Kier molecular flexibility index (Phi) is 57.0. The Morgan fingerprint density at radius 3 is 1.08 bits per heavy atom. The molecule has 0 radical (unpaired) electrons. The van der Waals surface area contributed by atoms with Gasteiger partial charge in [-0.15, -0.1) is 0 Å². The van der Waals surface area contributed by atoms with Crippen molar-refractivity contribution in [2.75, 3.05) is 47.5 Å². The smallest absolute Gasteiger partial charge is 0.306 e. The number of hydrogen-bond donors (Lipinski definition) is 0. The van der Waals surface area contributed by atoms with Crippen molar-refractivity contribution in [1.29, 1.82) is 0 Å². The molecule has 0 aromatic rings. The molecule has 9 nitrogen and oxygen atoms in total. The van der Waals surface area contributed by atoms with Crippen molar-refractivity contribution in [3.8, 4) is 0 Å². The van der Waals surface area contributed by atoms with Crippen molar-refractivity contribution >= 4 is 17.9 Å². The Hall–Kier alpha value is -4.05. The van der Waals surface area contributed by atoms with Crippen LogP contribution in [0.3, 0.4) is 0 Å². The molecule has 0 N–H and O–H groups in total. The van der Waals surface area contributed by atoms with Gasteiger partial charge in [0.15, 0.2) is 12.4 Å². The average molecular weight is 1100 g/mol. The Labute approximate surface area is 485 Å². The van der Waals surface area contributed by atoms with Gasteiger partial charge in [0.25, 0.3) is 0 Å². The maximum atomic E-state index is 12.9. The van der Waals surface area contributed by atoms with E-state index < -0.39 is 24.3 Å². The molecule has 0 aromatic carbocycles. The number of nitrogens with zero attached hydrogens (tertiary/aromatic N) is 1. The molecule has 0 fully saturated rings. The Bertz CT molecular complexity index is 1660. The van der Waals surface area contributed by atoms with E-state index in [4.69, 9.17) is 18.9 Å². The van der Waals surface area contributed by atoms with Crippen LogP contribution >= 0.6 is 0 Å². The lowest BCUT2D eigenvalue weighted by Crippen LogP contribution is -2.44. The minimum atomic E-state index is -1.62. The van der Waals surface area contributed by atoms with Gasteiger partial charge in [0, 0.05) is 12.8 Å². The zero-order valence-electron chi connectivity index (χ0n) is 51.5. The lowest BCUT2D eigenvalue weighted by Gasteiger charge is -2.26. The monoisotopic (exact) mass is 1100 g/mol. The number of likely N-dealkylation sites (N-methyl/N-ethyl adjacent to an activating group) is 1. The van der Waals surface area contributed by atoms with Gasteiger partial charge >= 0.3 is 11.9 Å². The van der Waals surface area contributed by atoms with E-state index in [-0.39, 0.29) is 32.2 Å². The number of aliphatic carboxylic acids is 1. The highest BCUT2D eigenvalue weighted by molar-refractivity contribution is 5.70. The fourth-order valence-corrected chi connectivity index (χ4v) is 8.65. The van der Waals surface area contributed by atoms with Gasteiger partial charge in [0.2, 0.25) is 0 Å². The van der Waals surface area contributed by atoms with E-state index >= 15 is 0 Å². The van der Waals surface area contributed by atoms with Crippen LogP contribution in [0.4, 0.5) is 0 Å². The molecule has 0 spiro atoms. The number of carboxylic acids is 1. The summed E-state index contributed by atoms with van der Waals surface area (Å²) in [4.78, 5) is 37.3. The van der Waals surface area contributed by atoms with E-state index in [2.05, 4.69) is 123 Å². The summed E-state index contributed by atoms with van der Waals surface area (Å²) < 4.78 is 22.7. The summed E-state index contributed by atoms with van der Waals surface area (Å²) in [5, 5.41) is 11.8. The first kappa shape index (κ1) is 75.0. The second-order valence-corrected chi connectivity index (χ2v) is 22.3. The predicted octanol–water partition coefficient (Wildman–Crippen LogP) is 18.1. The number of carbonyl (C=O) groups excluding carboxylic acids is 3. The molecule has 0 amide bonds. The third kappa shape index (κ3) is 61.4. The normalized spacial score (nSPS) is 13.5. The molecule has 452 valence electrons. The maximum absolute atomic E-state index is 12.9. The van der Waals surface area contributed by atoms with Crippen LogP contribution in [0.2, 0.25) is 0 Å². The average Bonchev–Trinajstić information content (AvgIpc) is 3.42. The lowest BCUT2D eigenvalue weighted by molar-refractivity contribution is -0.870. The Morgan fingerprint density at radius 1 is 0.392 bits per heavy atom. The van der Waals surface area contributed by atoms with Crippen molar-refractivity contribution in [3.63, 3.8) is 0 Å². The minimum absolute atomic E-state index is 0.145. The summed E-state index contributed by atoms with van der Waals surface area (Å²) in [5.74, 6) is -2.28. The second-order valence-electron chi connectivity index (χ2n) is 22.3. The predicted molar refractivity (Wildman–Crippen MR) is 333 cm³/mol. The molecular formula is C70H119NO8. The van der Waals surface area contributed by atoms with Crippen molar-refractivity contribution in [2.24, 2.45) is 0 Å². The van der Waals surface area contributed by atoms with Crippen LogP contribution in [-0.2, 0) is 33.3 Å². The molecule has 0 saturated heterocycles. The van der Waals surface area contributed by atoms with E-state index in [0.29, 0.717) is 23.9 Å². The van der Waals surface area contributed by atoms with Crippen molar-refractivity contribution in [1.82, 2.24) is 0 Å². The molecule has 79 heavy (non-hydrogen) atoms. The largest absolute Gasteiger partial charge is 0.545 e. The third-order valence-corrected chi connectivity index (χ3v) is 13.5. The van der Waals surface area contributed by atoms with E-state index in [1.165, 1.54) is 128 Å². The highest BCUT2D eigenvalue weighted by Gasteiger charge is 2.22. The molecule has 0 aliphatic rings. The van der Waals surface area contributed by atoms with Crippen LogP contribution in [0.5, 0.6) is 0 Å². The molecule has 0 saturated carbocycles. The number of hydrogen-bond acceptors (Lipinski definition) is 8. The standard InChI is InChI=1S/C70H119NO8/c1-6-8-10-12-14-16-18-20-21-22-23-24-25-26-27-28-29-30-31-32-33-34-35-36-37-38-39-40-41-42-43-44-45-46-47-49-51-53-55-57-59-61-68(73)79-66(65-78-70(69(74)75)76-63-62-71(3,4)5)64-77-67(72)60-58-56-54-52-50-48-19-17-15-13-11-9-7-2/h8,10,14,16,20-21,23-24,26-27,29-30,32-33,35-36,38-39,66,70H,6-7,9,11-13,15,17-19,22,25,28,31,34,37,40-65H2,1-5H3/b10-8-,16-14-,21-20-,24-23-,27-26-,30-29-,33-32-,36-35-,39-38-. The molecule has 2 unspecified atom stereocenters. The Balaban J connectivity index is 4.06. The number of allylic oxidation sites excluding steroid dienone is 18. The van der Waals surface area contributed by atoms with Crippen LogP contribution in [0.15, 0.2) is 109 Å². The number of rotatable bonds is 58. The van der Waals surface area contributed by atoms with Gasteiger partial charge in [0.1, 0.15) is 13.2 Å². The van der Waals surface area contributed by atoms with Gasteiger partial charge in [-0.1, -0.05) is 271 Å². The molecule has 0 aromatic heterocycles. The van der Waals surface area contributed by atoms with Crippen LogP contribution in [0.25, 0.3) is 0 Å². The van der Waals surface area contributed by atoms with E-state index in [9.17, 15) is 19.5 Å². The summed E-state index contributed by atoms with van der Waals surface area (Å²) in [6.07, 6.45) is 80.2. The fourth-order valence-electron chi connectivity index (χ4n) is 8.65. The molecular weight excluding hydrogens is 983 g/mol. The van der Waals surface area contributed by atoms with E-state index in [0.717, 1.165) is 96.3 Å². The van der Waals surface area contributed by atoms with Crippen molar-refractivity contribution in [3.05, 3.63) is 109 Å². The molecule has 0 aliphatic heterocycles. The summed E-state index contributed by atoms with van der Waals surface area (Å²) >= 11 is 0. The third-order valence-electron chi connectivity index (χ3n) is 13.5. The zero-order valence-corrected chi connectivity index (χ0v) is 51.5. The minimum Gasteiger partial charge on any atom is -0.545 e.